The molecule has 0 bridgehead atoms. The van der Waals surface area contributed by atoms with Gasteiger partial charge in [-0.25, -0.2) is 4.79 Å². The monoisotopic (exact) mass is 380 g/mol. The Morgan fingerprint density at radius 2 is 1.96 bits per heavy atom. The molecule has 26 heavy (non-hydrogen) atoms. The van der Waals surface area contributed by atoms with Gasteiger partial charge in [0.1, 0.15) is 5.75 Å². The lowest BCUT2D eigenvalue weighted by Gasteiger charge is -2.14. The molecule has 0 saturated carbocycles. The molecule has 0 aliphatic heterocycles. The number of nitrogens with one attached hydrogen (secondary N) is 1. The molecule has 138 valence electrons. The lowest BCUT2D eigenvalue weighted by atomic mass is 10.1. The number of ketones is 1. The minimum atomic E-state index is -0.934. The molecule has 1 atom stereocenters. The molecule has 0 amide bonds. The Hall–Kier alpha value is -2.87. The van der Waals surface area contributed by atoms with Crippen molar-refractivity contribution in [2.24, 2.45) is 0 Å². The highest BCUT2D eigenvalue weighted by Crippen LogP contribution is 2.30. The summed E-state index contributed by atoms with van der Waals surface area (Å²) < 4.78 is 10.3. The molecular formula is C17H17ClN2O6. The zero-order chi connectivity index (χ0) is 19.6. The summed E-state index contributed by atoms with van der Waals surface area (Å²) in [4.78, 5) is 37.5. The number of non-ortho nitro benzene ring substituents is 1. The number of ether oxygens (including phenoxy) is 2. The maximum atomic E-state index is 12.7. The van der Waals surface area contributed by atoms with Gasteiger partial charge in [-0.15, -0.1) is 0 Å². The molecular weight excluding hydrogens is 364 g/mol. The number of carbonyl (C=O) groups excluding carboxylic acids is 2. The van der Waals surface area contributed by atoms with Gasteiger partial charge in [-0.2, -0.15) is 0 Å². The largest absolute Gasteiger partial charge is 0.481 e. The van der Waals surface area contributed by atoms with Crippen molar-refractivity contribution in [1.82, 2.24) is 4.98 Å². The summed E-state index contributed by atoms with van der Waals surface area (Å²) in [7, 11) is 1.26. The van der Waals surface area contributed by atoms with Crippen LogP contribution in [0.3, 0.4) is 0 Å². The first-order chi connectivity index (χ1) is 12.2. The number of aromatic amines is 1. The molecule has 0 saturated heterocycles. The molecule has 0 aliphatic carbocycles. The van der Waals surface area contributed by atoms with Crippen LogP contribution in [0.4, 0.5) is 5.69 Å². The van der Waals surface area contributed by atoms with Gasteiger partial charge in [0, 0.05) is 17.8 Å². The molecule has 1 heterocycles. The highest BCUT2D eigenvalue weighted by atomic mass is 35.5. The van der Waals surface area contributed by atoms with Crippen LogP contribution in [-0.2, 0) is 4.74 Å². The normalized spacial score (nSPS) is 11.7. The van der Waals surface area contributed by atoms with E-state index in [1.807, 2.05) is 0 Å². The van der Waals surface area contributed by atoms with Crippen LogP contribution in [0.25, 0.3) is 0 Å². The van der Waals surface area contributed by atoms with Gasteiger partial charge in [-0.1, -0.05) is 11.6 Å². The number of carbonyl (C=O) groups is 2. The second-order valence-electron chi connectivity index (χ2n) is 5.61. The van der Waals surface area contributed by atoms with Gasteiger partial charge in [0.05, 0.1) is 28.3 Å². The van der Waals surface area contributed by atoms with Crippen molar-refractivity contribution >= 4 is 29.0 Å². The smallest absolute Gasteiger partial charge is 0.339 e. The second kappa shape index (κ2) is 7.57. The zero-order valence-corrected chi connectivity index (χ0v) is 15.3. The van der Waals surface area contributed by atoms with Crippen molar-refractivity contribution in [3.63, 3.8) is 0 Å². The molecule has 1 aromatic carbocycles. The predicted octanol–water partition coefficient (Wildman–Crippen LogP) is 3.63. The molecule has 0 unspecified atom stereocenters. The van der Waals surface area contributed by atoms with E-state index in [1.54, 1.807) is 13.8 Å². The number of Topliss-reactive ketones (excluding diaryl/α,β-unsaturated/α-hetero) is 1. The maximum Gasteiger partial charge on any atom is 0.339 e. The summed E-state index contributed by atoms with van der Waals surface area (Å²) in [5, 5.41) is 10.8. The van der Waals surface area contributed by atoms with Crippen LogP contribution in [0.15, 0.2) is 18.2 Å². The van der Waals surface area contributed by atoms with Crippen LogP contribution in [0.5, 0.6) is 5.75 Å². The fraction of sp³-hybridized carbons (Fsp3) is 0.294. The van der Waals surface area contributed by atoms with Crippen LogP contribution < -0.4 is 4.74 Å². The topological polar surface area (TPSA) is 112 Å². The Morgan fingerprint density at radius 3 is 2.50 bits per heavy atom. The number of H-pyrrole nitrogens is 1. The maximum absolute atomic E-state index is 12.7. The molecule has 9 heteroatoms. The summed E-state index contributed by atoms with van der Waals surface area (Å²) in [6, 6.07) is 3.71. The number of nitrogens with zero attached hydrogens (tertiary/aromatic N) is 1. The van der Waals surface area contributed by atoms with E-state index in [9.17, 15) is 19.7 Å². The summed E-state index contributed by atoms with van der Waals surface area (Å²) in [5.41, 5.74) is 1.33. The number of nitro benzene ring substituents is 1. The standard InChI is InChI=1S/C17H17ClN2O6/c1-8-14(17(22)25-4)9(2)19-15(8)16(21)10(3)26-13-6-5-11(20(23)24)7-12(13)18/h5-7,10,19H,1-4H3/t10-/m0/s1. The molecule has 0 aliphatic rings. The average molecular weight is 381 g/mol. The lowest BCUT2D eigenvalue weighted by Crippen LogP contribution is -2.25. The SMILES string of the molecule is COC(=O)c1c(C)[nH]c(C(=O)[C@H](C)Oc2ccc([N+](=O)[O-])cc2Cl)c1C. The van der Waals surface area contributed by atoms with Crippen LogP contribution in [0.1, 0.15) is 39.0 Å². The Kier molecular flexibility index (Phi) is 5.66. The third kappa shape index (κ3) is 3.70. The summed E-state index contributed by atoms with van der Waals surface area (Å²) in [5.74, 6) is -0.787. The average Bonchev–Trinajstić information content (AvgIpc) is 2.89. The van der Waals surface area contributed by atoms with Crippen LogP contribution in [-0.4, -0.2) is 34.9 Å². The van der Waals surface area contributed by atoms with E-state index in [4.69, 9.17) is 21.1 Å². The Balaban J connectivity index is 2.26. The molecule has 2 rings (SSSR count). The fourth-order valence-corrected chi connectivity index (χ4v) is 2.77. The highest BCUT2D eigenvalue weighted by molar-refractivity contribution is 6.32. The van der Waals surface area contributed by atoms with E-state index in [1.165, 1.54) is 26.2 Å². The first-order valence-electron chi connectivity index (χ1n) is 7.59. The van der Waals surface area contributed by atoms with Crippen molar-refractivity contribution in [1.29, 1.82) is 0 Å². The Bertz CT molecular complexity index is 890. The van der Waals surface area contributed by atoms with E-state index >= 15 is 0 Å². The predicted molar refractivity (Wildman–Crippen MR) is 94.1 cm³/mol. The fourth-order valence-electron chi connectivity index (χ4n) is 2.55. The second-order valence-corrected chi connectivity index (χ2v) is 6.02. The number of hydrogen-bond donors (Lipinski definition) is 1. The molecule has 8 nitrogen and oxygen atoms in total. The summed E-state index contributed by atoms with van der Waals surface area (Å²) in [6.45, 7) is 4.82. The number of methoxy groups -OCH3 is 1. The van der Waals surface area contributed by atoms with Gasteiger partial charge >= 0.3 is 5.97 Å². The van der Waals surface area contributed by atoms with Gasteiger partial charge in [0.2, 0.25) is 5.78 Å². The Labute approximate surface area is 154 Å². The van der Waals surface area contributed by atoms with Gasteiger partial charge < -0.3 is 14.5 Å². The molecule has 1 aromatic heterocycles. The summed E-state index contributed by atoms with van der Waals surface area (Å²) in [6.07, 6.45) is -0.934. The van der Waals surface area contributed by atoms with Crippen LogP contribution in [0.2, 0.25) is 5.02 Å². The highest BCUT2D eigenvalue weighted by Gasteiger charge is 2.27. The van der Waals surface area contributed by atoms with Crippen molar-refractivity contribution in [2.75, 3.05) is 7.11 Å². The first-order valence-corrected chi connectivity index (χ1v) is 7.97. The van der Waals surface area contributed by atoms with E-state index in [2.05, 4.69) is 4.98 Å². The zero-order valence-electron chi connectivity index (χ0n) is 14.6. The van der Waals surface area contributed by atoms with Crippen LogP contribution in [0, 0.1) is 24.0 Å². The van der Waals surface area contributed by atoms with Crippen molar-refractivity contribution in [3.8, 4) is 5.75 Å². The number of benzene rings is 1. The number of hydrogen-bond acceptors (Lipinski definition) is 6. The van der Waals surface area contributed by atoms with E-state index in [-0.39, 0.29) is 22.2 Å². The lowest BCUT2D eigenvalue weighted by molar-refractivity contribution is -0.384. The number of rotatable bonds is 6. The third-order valence-electron chi connectivity index (χ3n) is 3.87. The molecule has 2 aromatic rings. The number of esters is 1. The van der Waals surface area contributed by atoms with E-state index in [0.29, 0.717) is 16.8 Å². The first kappa shape index (κ1) is 19.5. The van der Waals surface area contributed by atoms with E-state index < -0.39 is 22.8 Å². The molecule has 0 radical (unpaired) electrons. The minimum Gasteiger partial charge on any atom is -0.481 e. The van der Waals surface area contributed by atoms with Gasteiger partial charge in [0.25, 0.3) is 5.69 Å². The molecule has 0 spiro atoms. The van der Waals surface area contributed by atoms with Crippen molar-refractivity contribution in [3.05, 3.63) is 55.9 Å². The minimum absolute atomic E-state index is 0.0217. The third-order valence-corrected chi connectivity index (χ3v) is 4.17. The van der Waals surface area contributed by atoms with Crippen molar-refractivity contribution < 1.29 is 24.0 Å². The van der Waals surface area contributed by atoms with Gasteiger partial charge in [-0.3, -0.25) is 14.9 Å². The van der Waals surface area contributed by atoms with Gasteiger partial charge in [-0.05, 0) is 32.4 Å². The van der Waals surface area contributed by atoms with Crippen molar-refractivity contribution in [2.45, 2.75) is 26.9 Å². The molecule has 0 fully saturated rings. The molecule has 1 N–H and O–H groups in total. The number of aryl methyl sites for hydroxylation is 1. The summed E-state index contributed by atoms with van der Waals surface area (Å²) >= 11 is 5.98. The Morgan fingerprint density at radius 1 is 1.31 bits per heavy atom. The number of nitro groups is 1. The number of aromatic nitrogens is 1. The van der Waals surface area contributed by atoms with Gasteiger partial charge in [0.15, 0.2) is 6.10 Å². The van der Waals surface area contributed by atoms with E-state index in [0.717, 1.165) is 6.07 Å². The quantitative estimate of drug-likeness (QED) is 0.354. The van der Waals surface area contributed by atoms with Crippen LogP contribution >= 0.6 is 11.6 Å². The number of halogens is 1.